The largest absolute Gasteiger partial charge is 0.493 e. The zero-order chi connectivity index (χ0) is 15.2. The van der Waals surface area contributed by atoms with E-state index in [4.69, 9.17) is 10.5 Å². The van der Waals surface area contributed by atoms with Crippen molar-refractivity contribution in [3.05, 3.63) is 24.3 Å². The number of rotatable bonds is 6. The van der Waals surface area contributed by atoms with Gasteiger partial charge in [-0.05, 0) is 42.5 Å². The fourth-order valence-corrected chi connectivity index (χ4v) is 2.92. The Kier molecular flexibility index (Phi) is 5.48. The number of nitrogens with two attached hydrogens (primary N) is 1. The van der Waals surface area contributed by atoms with Crippen LogP contribution in [-0.2, 0) is 4.79 Å². The van der Waals surface area contributed by atoms with Gasteiger partial charge in [0.15, 0.2) is 0 Å². The molecular weight excluding hydrogens is 264 g/mol. The lowest BCUT2D eigenvalue weighted by atomic mass is 9.78. The minimum Gasteiger partial charge on any atom is -0.493 e. The van der Waals surface area contributed by atoms with Gasteiger partial charge >= 0.3 is 0 Å². The first-order chi connectivity index (χ1) is 10.1. The van der Waals surface area contributed by atoms with Crippen LogP contribution in [0.25, 0.3) is 0 Å². The number of ether oxygens (including phenoxy) is 1. The molecule has 2 rings (SSSR count). The maximum Gasteiger partial charge on any atom is 0.220 e. The number of carbonyl (C=O) groups excluding carboxylic acids is 1. The van der Waals surface area contributed by atoms with E-state index in [0.29, 0.717) is 18.6 Å². The predicted molar refractivity (Wildman–Crippen MR) is 85.3 cm³/mol. The molecule has 4 heteroatoms. The number of hydrogen-bond donors (Lipinski definition) is 2. The molecule has 0 aromatic heterocycles. The molecule has 3 atom stereocenters. The molecule has 0 spiro atoms. The van der Waals surface area contributed by atoms with Crippen molar-refractivity contribution >= 4 is 11.6 Å². The molecule has 3 unspecified atom stereocenters. The molecule has 4 nitrogen and oxygen atoms in total. The van der Waals surface area contributed by atoms with Gasteiger partial charge in [-0.2, -0.15) is 0 Å². The average Bonchev–Trinajstić information content (AvgIpc) is 2.45. The van der Waals surface area contributed by atoms with E-state index in [0.717, 1.165) is 17.4 Å². The Hall–Kier alpha value is -1.71. The molecule has 1 amide bonds. The Bertz CT molecular complexity index is 458. The molecule has 1 saturated carbocycles. The van der Waals surface area contributed by atoms with Gasteiger partial charge in [0.1, 0.15) is 5.75 Å². The van der Waals surface area contributed by atoms with Crippen molar-refractivity contribution in [1.29, 1.82) is 0 Å². The summed E-state index contributed by atoms with van der Waals surface area (Å²) in [6.07, 6.45) is 4.13. The van der Waals surface area contributed by atoms with Crippen molar-refractivity contribution < 1.29 is 9.53 Å². The summed E-state index contributed by atoms with van der Waals surface area (Å²) < 4.78 is 5.47. The van der Waals surface area contributed by atoms with Gasteiger partial charge in [0, 0.05) is 11.7 Å². The minimum absolute atomic E-state index is 0.247. The summed E-state index contributed by atoms with van der Waals surface area (Å²) in [5.74, 6) is 1.92. The first-order valence-electron chi connectivity index (χ1n) is 7.84. The standard InChI is InChI=1S/C17H26N2O2/c1-12-4-3-5-16(13(12)2)19-14-6-8-15(9-7-14)21-11-10-17(18)20/h6-9,12-13,16,19H,3-5,10-11H2,1-2H3,(H2,18,20). The van der Waals surface area contributed by atoms with Crippen LogP contribution in [0.3, 0.4) is 0 Å². The topological polar surface area (TPSA) is 64.3 Å². The molecule has 3 N–H and O–H groups in total. The molecule has 1 aromatic rings. The van der Waals surface area contributed by atoms with Gasteiger partial charge in [-0.15, -0.1) is 0 Å². The van der Waals surface area contributed by atoms with E-state index in [1.165, 1.54) is 19.3 Å². The molecule has 0 aliphatic heterocycles. The highest BCUT2D eigenvalue weighted by Gasteiger charge is 2.26. The number of anilines is 1. The van der Waals surface area contributed by atoms with Crippen LogP contribution in [0, 0.1) is 11.8 Å². The molecule has 1 aromatic carbocycles. The SMILES string of the molecule is CC1CCCC(Nc2ccc(OCCC(N)=O)cc2)C1C. The zero-order valence-electron chi connectivity index (χ0n) is 13.0. The van der Waals surface area contributed by atoms with Crippen LogP contribution in [0.15, 0.2) is 24.3 Å². The summed E-state index contributed by atoms with van der Waals surface area (Å²) in [6.45, 7) is 5.01. The first kappa shape index (κ1) is 15.7. The Balaban J connectivity index is 1.85. The molecule has 21 heavy (non-hydrogen) atoms. The number of benzene rings is 1. The van der Waals surface area contributed by atoms with Crippen molar-refractivity contribution in [2.75, 3.05) is 11.9 Å². The summed E-state index contributed by atoms with van der Waals surface area (Å²) in [5.41, 5.74) is 6.21. The molecule has 1 fully saturated rings. The summed E-state index contributed by atoms with van der Waals surface area (Å²) in [6, 6.07) is 8.48. The Morgan fingerprint density at radius 1 is 1.29 bits per heavy atom. The average molecular weight is 290 g/mol. The summed E-state index contributed by atoms with van der Waals surface area (Å²) >= 11 is 0. The Morgan fingerprint density at radius 3 is 2.67 bits per heavy atom. The smallest absolute Gasteiger partial charge is 0.220 e. The van der Waals surface area contributed by atoms with Gasteiger partial charge in [0.25, 0.3) is 0 Å². The summed E-state index contributed by atoms with van der Waals surface area (Å²) in [5, 5.41) is 3.63. The second-order valence-corrected chi connectivity index (χ2v) is 6.11. The van der Waals surface area contributed by atoms with E-state index < -0.39 is 0 Å². The third kappa shape index (κ3) is 4.66. The highest BCUT2D eigenvalue weighted by molar-refractivity contribution is 5.73. The number of hydrogen-bond acceptors (Lipinski definition) is 3. The van der Waals surface area contributed by atoms with Crippen LogP contribution in [0.4, 0.5) is 5.69 Å². The fraction of sp³-hybridized carbons (Fsp3) is 0.588. The highest BCUT2D eigenvalue weighted by Crippen LogP contribution is 2.31. The molecule has 1 aliphatic carbocycles. The zero-order valence-corrected chi connectivity index (χ0v) is 13.0. The van der Waals surface area contributed by atoms with Crippen LogP contribution in [0.1, 0.15) is 39.5 Å². The van der Waals surface area contributed by atoms with Crippen LogP contribution >= 0.6 is 0 Å². The molecule has 116 valence electrons. The highest BCUT2D eigenvalue weighted by atomic mass is 16.5. The van der Waals surface area contributed by atoms with E-state index in [2.05, 4.69) is 19.2 Å². The summed E-state index contributed by atoms with van der Waals surface area (Å²) in [7, 11) is 0. The van der Waals surface area contributed by atoms with Gasteiger partial charge in [0.2, 0.25) is 5.91 Å². The lowest BCUT2D eigenvalue weighted by molar-refractivity contribution is -0.118. The van der Waals surface area contributed by atoms with Gasteiger partial charge in [0.05, 0.1) is 13.0 Å². The van der Waals surface area contributed by atoms with Crippen molar-refractivity contribution in [1.82, 2.24) is 0 Å². The van der Waals surface area contributed by atoms with E-state index in [9.17, 15) is 4.79 Å². The van der Waals surface area contributed by atoms with Crippen molar-refractivity contribution in [3.63, 3.8) is 0 Å². The van der Waals surface area contributed by atoms with E-state index in [-0.39, 0.29) is 12.3 Å². The van der Waals surface area contributed by atoms with Crippen molar-refractivity contribution in [2.45, 2.75) is 45.6 Å². The minimum atomic E-state index is -0.339. The second kappa shape index (κ2) is 7.34. The van der Waals surface area contributed by atoms with Gasteiger partial charge in [-0.1, -0.05) is 26.7 Å². The number of amides is 1. The maximum absolute atomic E-state index is 10.7. The van der Waals surface area contributed by atoms with Crippen LogP contribution in [-0.4, -0.2) is 18.6 Å². The van der Waals surface area contributed by atoms with Crippen molar-refractivity contribution in [3.8, 4) is 5.75 Å². The maximum atomic E-state index is 10.7. The third-order valence-electron chi connectivity index (χ3n) is 4.53. The number of nitrogens with one attached hydrogen (secondary N) is 1. The van der Waals surface area contributed by atoms with Crippen LogP contribution < -0.4 is 15.8 Å². The van der Waals surface area contributed by atoms with Crippen molar-refractivity contribution in [2.24, 2.45) is 17.6 Å². The lowest BCUT2D eigenvalue weighted by Gasteiger charge is -2.35. The first-order valence-corrected chi connectivity index (χ1v) is 7.84. The summed E-state index contributed by atoms with van der Waals surface area (Å²) in [4.78, 5) is 10.7. The van der Waals surface area contributed by atoms with E-state index in [1.807, 2.05) is 24.3 Å². The second-order valence-electron chi connectivity index (χ2n) is 6.11. The molecule has 0 heterocycles. The lowest BCUT2D eigenvalue weighted by Crippen LogP contribution is -2.34. The van der Waals surface area contributed by atoms with Crippen LogP contribution in [0.2, 0.25) is 0 Å². The van der Waals surface area contributed by atoms with Gasteiger partial charge in [-0.25, -0.2) is 0 Å². The third-order valence-corrected chi connectivity index (χ3v) is 4.53. The van der Waals surface area contributed by atoms with Gasteiger partial charge < -0.3 is 15.8 Å². The van der Waals surface area contributed by atoms with E-state index >= 15 is 0 Å². The molecule has 0 saturated heterocycles. The van der Waals surface area contributed by atoms with Gasteiger partial charge in [-0.3, -0.25) is 4.79 Å². The molecule has 0 bridgehead atoms. The monoisotopic (exact) mass is 290 g/mol. The fourth-order valence-electron chi connectivity index (χ4n) is 2.92. The number of primary amides is 1. The molecule has 0 radical (unpaired) electrons. The normalized spacial score (nSPS) is 25.3. The van der Waals surface area contributed by atoms with Crippen LogP contribution in [0.5, 0.6) is 5.75 Å². The molecule has 1 aliphatic rings. The Morgan fingerprint density at radius 2 is 2.00 bits per heavy atom. The predicted octanol–water partition coefficient (Wildman–Crippen LogP) is 3.18. The molecular formula is C17H26N2O2. The Labute approximate surface area is 127 Å². The van der Waals surface area contributed by atoms with E-state index in [1.54, 1.807) is 0 Å². The number of carbonyl (C=O) groups is 1. The quantitative estimate of drug-likeness (QED) is 0.845.